The normalized spacial score (nSPS) is 14.0. The molecule has 8 aromatic carbocycles. The maximum atomic E-state index is 2.50. The Bertz CT molecular complexity index is 3070. The molecule has 1 aliphatic rings. The maximum absolute atomic E-state index is 2.50. The molecule has 10 aromatic rings. The molecule has 0 saturated heterocycles. The molecular formula is C48H33NS3. The van der Waals surface area contributed by atoms with Gasteiger partial charge >= 0.3 is 0 Å². The van der Waals surface area contributed by atoms with Crippen LogP contribution in [0.5, 0.6) is 0 Å². The van der Waals surface area contributed by atoms with Gasteiger partial charge in [-0.3, -0.25) is 0 Å². The lowest BCUT2D eigenvalue weighted by Crippen LogP contribution is -2.10. The van der Waals surface area contributed by atoms with E-state index < -0.39 is 10.0 Å². The van der Waals surface area contributed by atoms with Crippen molar-refractivity contribution in [3.05, 3.63) is 164 Å². The first-order chi connectivity index (χ1) is 25.5. The molecule has 0 bridgehead atoms. The van der Waals surface area contributed by atoms with Crippen molar-refractivity contribution in [2.24, 2.45) is 0 Å². The van der Waals surface area contributed by atoms with E-state index in [-0.39, 0.29) is 0 Å². The molecule has 1 aliphatic heterocycles. The fraction of sp³-hybridized carbons (Fsp3) is 0.0417. The van der Waals surface area contributed by atoms with Crippen LogP contribution in [0.2, 0.25) is 0 Å². The SMILES string of the molecule is CS1(C)c2cc(N(c3cccc(-c4cccc5ccccc45)c3)c3ccc4sc5ccccc5c4c3)ccc2-c2c1ccc1c2sc2ccccc21. The van der Waals surface area contributed by atoms with Crippen LogP contribution in [0.25, 0.3) is 73.4 Å². The van der Waals surface area contributed by atoms with Crippen LogP contribution in [0.3, 0.4) is 0 Å². The lowest BCUT2D eigenvalue weighted by Gasteiger charge is -2.31. The quantitative estimate of drug-likeness (QED) is 0.175. The molecule has 4 heteroatoms. The first-order valence-electron chi connectivity index (χ1n) is 17.6. The van der Waals surface area contributed by atoms with Crippen LogP contribution in [0.1, 0.15) is 0 Å². The van der Waals surface area contributed by atoms with Crippen molar-refractivity contribution in [3.8, 4) is 22.3 Å². The van der Waals surface area contributed by atoms with Crippen molar-refractivity contribution < 1.29 is 0 Å². The summed E-state index contributed by atoms with van der Waals surface area (Å²) < 4.78 is 5.42. The lowest BCUT2D eigenvalue weighted by atomic mass is 9.97. The Labute approximate surface area is 312 Å². The van der Waals surface area contributed by atoms with Crippen LogP contribution >= 0.6 is 32.7 Å². The summed E-state index contributed by atoms with van der Waals surface area (Å²) in [5.74, 6) is 0. The molecule has 0 spiro atoms. The fourth-order valence-electron chi connectivity index (χ4n) is 8.44. The monoisotopic (exact) mass is 719 g/mol. The largest absolute Gasteiger partial charge is 0.310 e. The van der Waals surface area contributed by atoms with Crippen molar-refractivity contribution in [2.45, 2.75) is 9.79 Å². The lowest BCUT2D eigenvalue weighted by molar-refractivity contribution is 1.27. The smallest absolute Gasteiger partial charge is 0.0472 e. The van der Waals surface area contributed by atoms with E-state index in [1.807, 2.05) is 22.7 Å². The van der Waals surface area contributed by atoms with E-state index in [9.17, 15) is 0 Å². The Morgan fingerprint density at radius 2 is 1.08 bits per heavy atom. The minimum Gasteiger partial charge on any atom is -0.310 e. The molecule has 0 N–H and O–H groups in total. The highest BCUT2D eigenvalue weighted by Gasteiger charge is 2.34. The summed E-state index contributed by atoms with van der Waals surface area (Å²) >= 11 is 3.81. The number of anilines is 3. The highest BCUT2D eigenvalue weighted by Crippen LogP contribution is 2.69. The summed E-state index contributed by atoms with van der Waals surface area (Å²) in [5, 5.41) is 7.88. The van der Waals surface area contributed by atoms with Crippen molar-refractivity contribution in [1.29, 1.82) is 0 Å². The summed E-state index contributed by atoms with van der Waals surface area (Å²) in [4.78, 5) is 5.44. The van der Waals surface area contributed by atoms with E-state index in [1.165, 1.54) is 94.5 Å². The second-order valence-corrected chi connectivity index (χ2v) is 19.8. The molecule has 3 heterocycles. The molecule has 0 unspecified atom stereocenters. The summed E-state index contributed by atoms with van der Waals surface area (Å²) in [5.41, 5.74) is 8.81. The van der Waals surface area contributed by atoms with Gasteiger partial charge in [-0.2, -0.15) is 10.0 Å². The van der Waals surface area contributed by atoms with Gasteiger partial charge in [0.1, 0.15) is 0 Å². The number of hydrogen-bond donors (Lipinski definition) is 0. The zero-order valence-corrected chi connectivity index (χ0v) is 31.2. The fourth-order valence-corrected chi connectivity index (χ4v) is 13.4. The Hall–Kier alpha value is -5.39. The molecular weight excluding hydrogens is 687 g/mol. The Balaban J connectivity index is 1.13. The first-order valence-corrected chi connectivity index (χ1v) is 21.7. The third kappa shape index (κ3) is 4.42. The summed E-state index contributed by atoms with van der Waals surface area (Å²) in [6, 6.07) is 61.2. The number of thiophene rings is 2. The van der Waals surface area contributed by atoms with E-state index in [1.54, 1.807) is 0 Å². The van der Waals surface area contributed by atoms with Gasteiger partial charge < -0.3 is 4.90 Å². The van der Waals surface area contributed by atoms with E-state index in [4.69, 9.17) is 0 Å². The second-order valence-electron chi connectivity index (χ2n) is 14.1. The van der Waals surface area contributed by atoms with Gasteiger partial charge in [-0.15, -0.1) is 22.7 Å². The molecule has 248 valence electrons. The van der Waals surface area contributed by atoms with Crippen LogP contribution in [-0.4, -0.2) is 12.5 Å². The van der Waals surface area contributed by atoms with Gasteiger partial charge in [0.05, 0.1) is 0 Å². The zero-order valence-electron chi connectivity index (χ0n) is 28.8. The van der Waals surface area contributed by atoms with Gasteiger partial charge in [0, 0.05) is 72.8 Å². The van der Waals surface area contributed by atoms with E-state index in [0.717, 1.165) is 5.69 Å². The van der Waals surface area contributed by atoms with Crippen molar-refractivity contribution in [3.63, 3.8) is 0 Å². The maximum Gasteiger partial charge on any atom is 0.0472 e. The molecule has 0 saturated carbocycles. The number of nitrogens with zero attached hydrogens (tertiary/aromatic N) is 1. The van der Waals surface area contributed by atoms with E-state index >= 15 is 0 Å². The summed E-state index contributed by atoms with van der Waals surface area (Å²) in [7, 11) is -1.26. The van der Waals surface area contributed by atoms with Crippen LogP contribution in [0.4, 0.5) is 17.1 Å². The van der Waals surface area contributed by atoms with Crippen molar-refractivity contribution >= 4 is 101 Å². The number of benzene rings is 8. The third-order valence-corrected chi connectivity index (χ3v) is 16.2. The Morgan fingerprint density at radius 3 is 1.94 bits per heavy atom. The average molecular weight is 720 g/mol. The topological polar surface area (TPSA) is 3.24 Å². The molecule has 0 radical (unpaired) electrons. The molecule has 52 heavy (non-hydrogen) atoms. The highest BCUT2D eigenvalue weighted by molar-refractivity contribution is 8.33. The minimum absolute atomic E-state index is 1.15. The Kier molecular flexibility index (Phi) is 6.58. The van der Waals surface area contributed by atoms with Crippen LogP contribution < -0.4 is 4.90 Å². The molecule has 2 aromatic heterocycles. The van der Waals surface area contributed by atoms with Gasteiger partial charge in [0.25, 0.3) is 0 Å². The highest BCUT2D eigenvalue weighted by atomic mass is 32.3. The average Bonchev–Trinajstić information content (AvgIpc) is 3.82. The number of rotatable bonds is 4. The van der Waals surface area contributed by atoms with Gasteiger partial charge in [0.2, 0.25) is 0 Å². The van der Waals surface area contributed by atoms with Crippen LogP contribution in [0, 0.1) is 0 Å². The number of fused-ring (bicyclic) bond motifs is 11. The summed E-state index contributed by atoms with van der Waals surface area (Å²) in [6.07, 6.45) is 4.96. The molecule has 11 rings (SSSR count). The molecule has 0 fully saturated rings. The standard InChI is InChI=1S/C48H33NS3/c1-52(2)45-26-24-39-37-16-5-8-20-43(37)51-48(39)47(45)40-23-21-34(29-46(40)52)49(33-22-25-44-41(28-33)38-17-6-7-19-42(38)50-44)32-14-9-13-31(27-32)36-18-10-12-30-11-3-4-15-35(30)36/h3-29H,1-2H3. The van der Waals surface area contributed by atoms with Gasteiger partial charge in [-0.05, 0) is 101 Å². The molecule has 0 aliphatic carbocycles. The molecule has 0 amide bonds. The number of hydrogen-bond acceptors (Lipinski definition) is 3. The van der Waals surface area contributed by atoms with Crippen LogP contribution in [0.15, 0.2) is 174 Å². The molecule has 0 atom stereocenters. The third-order valence-electron chi connectivity index (χ3n) is 10.9. The Morgan fingerprint density at radius 1 is 0.423 bits per heavy atom. The van der Waals surface area contributed by atoms with E-state index in [2.05, 4.69) is 181 Å². The van der Waals surface area contributed by atoms with E-state index in [0.29, 0.717) is 0 Å². The van der Waals surface area contributed by atoms with Gasteiger partial charge in [-0.1, -0.05) is 103 Å². The minimum atomic E-state index is -1.26. The van der Waals surface area contributed by atoms with Gasteiger partial charge in [-0.25, -0.2) is 0 Å². The molecule has 1 nitrogen and oxygen atoms in total. The predicted molar refractivity (Wildman–Crippen MR) is 231 cm³/mol. The zero-order chi connectivity index (χ0) is 34.6. The van der Waals surface area contributed by atoms with Crippen LogP contribution in [-0.2, 0) is 0 Å². The predicted octanol–water partition coefficient (Wildman–Crippen LogP) is 15.2. The van der Waals surface area contributed by atoms with Gasteiger partial charge in [0.15, 0.2) is 0 Å². The van der Waals surface area contributed by atoms with Crippen molar-refractivity contribution in [1.82, 2.24) is 0 Å². The summed E-state index contributed by atoms with van der Waals surface area (Å²) in [6.45, 7) is 0. The first kappa shape index (κ1) is 30.3. The van der Waals surface area contributed by atoms with Crippen molar-refractivity contribution in [2.75, 3.05) is 17.4 Å². The second kappa shape index (κ2) is 11.3.